The normalized spacial score (nSPS) is 9.76. The first kappa shape index (κ1) is 12.8. The van der Waals surface area contributed by atoms with Gasteiger partial charge in [0.05, 0.1) is 18.6 Å². The molecule has 0 unspecified atom stereocenters. The number of hydroxylamine groups is 1. The van der Waals surface area contributed by atoms with Crippen molar-refractivity contribution in [1.82, 2.24) is 4.98 Å². The summed E-state index contributed by atoms with van der Waals surface area (Å²) in [6.45, 7) is 1.73. The van der Waals surface area contributed by atoms with Crippen LogP contribution >= 0.6 is 0 Å². The second-order valence-electron chi connectivity index (χ2n) is 2.78. The average molecular weight is 241 g/mol. The fourth-order valence-electron chi connectivity index (χ4n) is 1.12. The summed E-state index contributed by atoms with van der Waals surface area (Å²) in [7, 11) is 1.19. The van der Waals surface area contributed by atoms with E-state index in [1.807, 2.05) is 0 Å². The van der Waals surface area contributed by atoms with Crippen LogP contribution in [-0.4, -0.2) is 29.7 Å². The first-order valence-corrected chi connectivity index (χ1v) is 4.72. The molecule has 17 heavy (non-hydrogen) atoms. The van der Waals surface area contributed by atoms with E-state index in [0.29, 0.717) is 5.06 Å². The zero-order valence-corrected chi connectivity index (χ0v) is 9.32. The van der Waals surface area contributed by atoms with Crippen LogP contribution in [0.25, 0.3) is 0 Å². The van der Waals surface area contributed by atoms with Crippen molar-refractivity contribution in [3.8, 4) is 0 Å². The summed E-state index contributed by atoms with van der Waals surface area (Å²) in [6, 6.07) is 2.61. The van der Waals surface area contributed by atoms with Crippen LogP contribution in [0.5, 0.6) is 0 Å². The van der Waals surface area contributed by atoms with Crippen LogP contribution in [0.3, 0.4) is 0 Å². The lowest BCUT2D eigenvalue weighted by molar-refractivity contribution is -0.384. The van der Waals surface area contributed by atoms with Crippen molar-refractivity contribution in [2.24, 2.45) is 0 Å². The monoisotopic (exact) mass is 241 g/mol. The van der Waals surface area contributed by atoms with Gasteiger partial charge in [0.1, 0.15) is 0 Å². The fourth-order valence-corrected chi connectivity index (χ4v) is 1.12. The summed E-state index contributed by atoms with van der Waals surface area (Å²) in [6.07, 6.45) is 0.449. The number of carbonyl (C=O) groups is 1. The van der Waals surface area contributed by atoms with Crippen molar-refractivity contribution in [1.29, 1.82) is 0 Å². The van der Waals surface area contributed by atoms with E-state index < -0.39 is 11.0 Å². The number of ether oxygens (including phenoxy) is 1. The molecule has 1 aromatic heterocycles. The number of hydrogen-bond acceptors (Lipinski definition) is 6. The predicted molar refractivity (Wildman–Crippen MR) is 57.4 cm³/mol. The minimum atomic E-state index is -0.864. The third kappa shape index (κ3) is 2.88. The smallest absolute Gasteiger partial charge is 0.440 e. The zero-order chi connectivity index (χ0) is 12.8. The zero-order valence-electron chi connectivity index (χ0n) is 9.32. The Morgan fingerprint density at radius 2 is 2.35 bits per heavy atom. The van der Waals surface area contributed by atoms with Crippen LogP contribution in [0.15, 0.2) is 18.3 Å². The quantitative estimate of drug-likeness (QED) is 0.585. The van der Waals surface area contributed by atoms with E-state index in [0.717, 1.165) is 0 Å². The highest BCUT2D eigenvalue weighted by atomic mass is 16.7. The highest BCUT2D eigenvalue weighted by Gasteiger charge is 2.27. The number of anilines is 1. The number of rotatable bonds is 4. The minimum Gasteiger partial charge on any atom is -0.448 e. The lowest BCUT2D eigenvalue weighted by Gasteiger charge is -2.16. The number of aromatic nitrogens is 1. The van der Waals surface area contributed by atoms with Gasteiger partial charge in [-0.15, -0.1) is 5.06 Å². The molecule has 1 amide bonds. The van der Waals surface area contributed by atoms with Gasteiger partial charge in [0, 0.05) is 12.3 Å². The summed E-state index contributed by atoms with van der Waals surface area (Å²) in [5.41, 5.74) is -0.345. The van der Waals surface area contributed by atoms with Gasteiger partial charge >= 0.3 is 11.8 Å². The SMILES string of the molecule is CCOC(=O)N(OC)c1ncccc1[N+](=O)[O-]. The molecule has 0 aliphatic heterocycles. The second-order valence-corrected chi connectivity index (χ2v) is 2.78. The standard InChI is InChI=1S/C9H11N3O5/c1-3-17-9(13)11(16-2)8-7(12(14)15)5-4-6-10-8/h4-6H,3H2,1-2H3. The van der Waals surface area contributed by atoms with E-state index >= 15 is 0 Å². The van der Waals surface area contributed by atoms with Crippen molar-refractivity contribution in [3.63, 3.8) is 0 Å². The third-order valence-corrected chi connectivity index (χ3v) is 1.77. The van der Waals surface area contributed by atoms with Gasteiger partial charge in [0.2, 0.25) is 5.82 Å². The number of pyridine rings is 1. The Hall–Kier alpha value is -2.22. The van der Waals surface area contributed by atoms with Crippen LogP contribution in [0.1, 0.15) is 6.92 Å². The van der Waals surface area contributed by atoms with Crippen molar-refractivity contribution in [2.75, 3.05) is 18.8 Å². The molecule has 0 N–H and O–H groups in total. The summed E-state index contributed by atoms with van der Waals surface area (Å²) in [5.74, 6) is -0.224. The van der Waals surface area contributed by atoms with E-state index in [4.69, 9.17) is 4.84 Å². The van der Waals surface area contributed by atoms with Gasteiger partial charge in [-0.2, -0.15) is 0 Å². The Kier molecular flexibility index (Phi) is 4.35. The summed E-state index contributed by atoms with van der Waals surface area (Å²) in [4.78, 5) is 30.0. The van der Waals surface area contributed by atoms with Crippen molar-refractivity contribution in [2.45, 2.75) is 6.92 Å². The van der Waals surface area contributed by atoms with E-state index in [-0.39, 0.29) is 18.1 Å². The Bertz CT molecular complexity index is 423. The van der Waals surface area contributed by atoms with Crippen LogP contribution in [0.2, 0.25) is 0 Å². The third-order valence-electron chi connectivity index (χ3n) is 1.77. The molecule has 92 valence electrons. The van der Waals surface area contributed by atoms with E-state index in [9.17, 15) is 14.9 Å². The largest absolute Gasteiger partial charge is 0.448 e. The number of amides is 1. The van der Waals surface area contributed by atoms with Crippen LogP contribution in [-0.2, 0) is 9.57 Å². The molecular weight excluding hydrogens is 230 g/mol. The van der Waals surface area contributed by atoms with Gasteiger partial charge < -0.3 is 4.74 Å². The minimum absolute atomic E-state index is 0.124. The second kappa shape index (κ2) is 5.75. The molecular formula is C9H11N3O5. The Morgan fingerprint density at radius 1 is 1.65 bits per heavy atom. The maximum absolute atomic E-state index is 11.5. The molecule has 0 saturated carbocycles. The van der Waals surface area contributed by atoms with Crippen LogP contribution in [0, 0.1) is 10.1 Å². The lowest BCUT2D eigenvalue weighted by Crippen LogP contribution is -2.31. The molecule has 0 aromatic carbocycles. The lowest BCUT2D eigenvalue weighted by atomic mass is 10.4. The van der Waals surface area contributed by atoms with Gasteiger partial charge in [-0.1, -0.05) is 0 Å². The maximum Gasteiger partial charge on any atom is 0.440 e. The molecule has 0 radical (unpaired) electrons. The summed E-state index contributed by atoms with van der Waals surface area (Å²) >= 11 is 0. The predicted octanol–water partition coefficient (Wildman–Crippen LogP) is 1.51. The molecule has 0 saturated heterocycles. The summed E-state index contributed by atoms with van der Waals surface area (Å²) < 4.78 is 4.68. The fraction of sp³-hybridized carbons (Fsp3) is 0.333. The topological polar surface area (TPSA) is 94.8 Å². The Balaban J connectivity index is 3.11. The number of carbonyl (C=O) groups excluding carboxylic acids is 1. The molecule has 0 aliphatic carbocycles. The Morgan fingerprint density at radius 3 is 2.88 bits per heavy atom. The molecule has 0 atom stereocenters. The molecule has 0 fully saturated rings. The molecule has 1 heterocycles. The van der Waals surface area contributed by atoms with E-state index in [2.05, 4.69) is 9.72 Å². The first-order valence-electron chi connectivity index (χ1n) is 4.72. The van der Waals surface area contributed by atoms with Crippen LogP contribution in [0.4, 0.5) is 16.3 Å². The molecule has 0 spiro atoms. The maximum atomic E-state index is 11.5. The van der Waals surface area contributed by atoms with Crippen LogP contribution < -0.4 is 5.06 Å². The van der Waals surface area contributed by atoms with Gasteiger partial charge in [0.25, 0.3) is 0 Å². The number of nitro groups is 1. The van der Waals surface area contributed by atoms with Crippen molar-refractivity contribution < 1.29 is 19.3 Å². The Labute approximate surface area is 96.9 Å². The number of nitrogens with zero attached hydrogens (tertiary/aromatic N) is 3. The van der Waals surface area contributed by atoms with Crippen molar-refractivity contribution >= 4 is 17.6 Å². The molecule has 8 heteroatoms. The summed E-state index contributed by atoms with van der Waals surface area (Å²) in [5, 5.41) is 11.4. The molecule has 0 aliphatic rings. The van der Waals surface area contributed by atoms with Crippen molar-refractivity contribution in [3.05, 3.63) is 28.4 Å². The molecule has 1 rings (SSSR count). The molecule has 0 bridgehead atoms. The van der Waals surface area contributed by atoms with E-state index in [1.54, 1.807) is 6.92 Å². The van der Waals surface area contributed by atoms with Gasteiger partial charge in [-0.3, -0.25) is 15.0 Å². The number of hydrogen-bond donors (Lipinski definition) is 0. The van der Waals surface area contributed by atoms with E-state index in [1.165, 1.54) is 25.4 Å². The highest BCUT2D eigenvalue weighted by Crippen LogP contribution is 2.25. The molecule has 1 aromatic rings. The molecule has 8 nitrogen and oxygen atoms in total. The van der Waals surface area contributed by atoms with Gasteiger partial charge in [-0.25, -0.2) is 9.78 Å². The first-order chi connectivity index (χ1) is 8.11. The average Bonchev–Trinajstić information content (AvgIpc) is 2.31. The van der Waals surface area contributed by atoms with Gasteiger partial charge in [0.15, 0.2) is 0 Å². The van der Waals surface area contributed by atoms with Gasteiger partial charge in [-0.05, 0) is 13.0 Å². The highest BCUT2D eigenvalue weighted by molar-refractivity contribution is 5.86.